The average molecular weight is 430 g/mol. The molecule has 2 N–H and O–H groups in total. The molecular weight excluding hydrogens is 410 g/mol. The van der Waals surface area contributed by atoms with E-state index in [2.05, 4.69) is 15.4 Å². The third kappa shape index (κ3) is 4.06. The van der Waals surface area contributed by atoms with E-state index in [-0.39, 0.29) is 12.5 Å². The van der Waals surface area contributed by atoms with E-state index in [0.717, 1.165) is 33.0 Å². The van der Waals surface area contributed by atoms with Crippen molar-refractivity contribution < 1.29 is 9.53 Å². The van der Waals surface area contributed by atoms with Crippen molar-refractivity contribution in [3.05, 3.63) is 82.2 Å². The zero-order valence-corrected chi connectivity index (χ0v) is 17.5. The highest BCUT2D eigenvalue weighted by atomic mass is 32.1. The van der Waals surface area contributed by atoms with Gasteiger partial charge in [0, 0.05) is 17.1 Å². The van der Waals surface area contributed by atoms with Crippen molar-refractivity contribution in [2.75, 3.05) is 11.9 Å². The number of aromatic amines is 1. The fourth-order valence-corrected chi connectivity index (χ4v) is 4.14. The molecule has 0 saturated heterocycles. The summed E-state index contributed by atoms with van der Waals surface area (Å²) in [6.45, 7) is 2.07. The van der Waals surface area contributed by atoms with Gasteiger partial charge in [-0.1, -0.05) is 12.1 Å². The molecular formula is C23H19N5O2S. The van der Waals surface area contributed by atoms with Crippen LogP contribution in [0.4, 0.5) is 11.4 Å². The van der Waals surface area contributed by atoms with E-state index in [0.29, 0.717) is 11.4 Å². The molecule has 7 nitrogen and oxygen atoms in total. The maximum absolute atomic E-state index is 11.7. The molecule has 2 aromatic carbocycles. The Hall–Kier alpha value is -3.91. The molecule has 2 aromatic heterocycles. The number of thiazole rings is 1. The monoisotopic (exact) mass is 429 g/mol. The first-order valence-electron chi connectivity index (χ1n) is 9.72. The Morgan fingerprint density at radius 1 is 1.16 bits per heavy atom. The molecule has 4 aromatic rings. The highest BCUT2D eigenvalue weighted by Crippen LogP contribution is 2.33. The minimum absolute atomic E-state index is 0.0325. The standard InChI is InChI=1S/C23H19N5O2S/c1-15-4-2-5-17(10-15)26-23-28(25-12-18-6-3-9-24-18)20(14-31-23)16-7-8-21-19(11-16)27-22(29)13-30-21/h2-12,14,24H,13H2,1H3,(H,27,29). The normalized spacial score (nSPS) is 13.8. The molecule has 0 radical (unpaired) electrons. The Kier molecular flexibility index (Phi) is 4.97. The maximum atomic E-state index is 11.7. The molecule has 1 amide bonds. The number of H-pyrrole nitrogens is 1. The summed E-state index contributed by atoms with van der Waals surface area (Å²) < 4.78 is 7.29. The minimum Gasteiger partial charge on any atom is -0.482 e. The maximum Gasteiger partial charge on any atom is 0.262 e. The van der Waals surface area contributed by atoms with Crippen molar-refractivity contribution in [1.29, 1.82) is 0 Å². The molecule has 154 valence electrons. The number of nitrogens with zero attached hydrogens (tertiary/aromatic N) is 3. The number of hydrogen-bond donors (Lipinski definition) is 2. The van der Waals surface area contributed by atoms with Gasteiger partial charge in [0.25, 0.3) is 5.91 Å². The summed E-state index contributed by atoms with van der Waals surface area (Å²) in [5.74, 6) is 0.493. The molecule has 0 fully saturated rings. The molecule has 0 atom stereocenters. The number of aryl methyl sites for hydroxylation is 1. The van der Waals surface area contributed by atoms with E-state index in [1.54, 1.807) is 10.9 Å². The number of ether oxygens (including phenoxy) is 1. The number of nitrogens with one attached hydrogen (secondary N) is 2. The third-order valence-corrected chi connectivity index (χ3v) is 5.57. The summed E-state index contributed by atoms with van der Waals surface area (Å²) in [5, 5.41) is 9.56. The lowest BCUT2D eigenvalue weighted by Crippen LogP contribution is -2.25. The van der Waals surface area contributed by atoms with Crippen LogP contribution in [0, 0.1) is 6.92 Å². The summed E-state index contributed by atoms with van der Waals surface area (Å²) >= 11 is 1.50. The predicted octanol–water partition coefficient (Wildman–Crippen LogP) is 4.30. The molecule has 0 aliphatic carbocycles. The van der Waals surface area contributed by atoms with Crippen molar-refractivity contribution >= 4 is 34.8 Å². The van der Waals surface area contributed by atoms with Gasteiger partial charge in [-0.05, 0) is 55.0 Å². The number of hydrogen-bond acceptors (Lipinski definition) is 5. The number of carbonyl (C=O) groups excluding carboxylic acids is 1. The smallest absolute Gasteiger partial charge is 0.262 e. The van der Waals surface area contributed by atoms with Gasteiger partial charge in [-0.25, -0.2) is 9.67 Å². The third-order valence-electron chi connectivity index (χ3n) is 4.75. The number of fused-ring (bicyclic) bond motifs is 1. The molecule has 3 heterocycles. The van der Waals surface area contributed by atoms with E-state index in [4.69, 9.17) is 9.73 Å². The number of aromatic nitrogens is 2. The van der Waals surface area contributed by atoms with Gasteiger partial charge < -0.3 is 15.0 Å². The fraction of sp³-hybridized carbons (Fsp3) is 0.0870. The number of benzene rings is 2. The first-order chi connectivity index (χ1) is 15.2. The van der Waals surface area contributed by atoms with Gasteiger partial charge in [0.1, 0.15) is 5.75 Å². The SMILES string of the molecule is Cc1cccc(N=c2scc(-c3ccc4c(c3)NC(=O)CO4)n2N=Cc2ccc[nH]2)c1. The largest absolute Gasteiger partial charge is 0.482 e. The summed E-state index contributed by atoms with van der Waals surface area (Å²) in [7, 11) is 0. The van der Waals surface area contributed by atoms with Crippen LogP contribution in [0.25, 0.3) is 11.3 Å². The highest BCUT2D eigenvalue weighted by Gasteiger charge is 2.17. The van der Waals surface area contributed by atoms with E-state index in [9.17, 15) is 4.79 Å². The van der Waals surface area contributed by atoms with Gasteiger partial charge in [0.05, 0.1) is 29.0 Å². The van der Waals surface area contributed by atoms with Gasteiger partial charge in [0.2, 0.25) is 4.80 Å². The average Bonchev–Trinajstić information content (AvgIpc) is 3.42. The van der Waals surface area contributed by atoms with Crippen LogP contribution in [0.1, 0.15) is 11.3 Å². The van der Waals surface area contributed by atoms with Crippen molar-refractivity contribution in [3.8, 4) is 17.0 Å². The Morgan fingerprint density at radius 2 is 2.10 bits per heavy atom. The van der Waals surface area contributed by atoms with Gasteiger partial charge in [-0.2, -0.15) is 5.10 Å². The second-order valence-electron chi connectivity index (χ2n) is 7.08. The van der Waals surface area contributed by atoms with E-state index in [1.165, 1.54) is 11.3 Å². The molecule has 1 aliphatic heterocycles. The zero-order chi connectivity index (χ0) is 21.2. The van der Waals surface area contributed by atoms with Crippen LogP contribution in [0.5, 0.6) is 5.75 Å². The molecule has 8 heteroatoms. The lowest BCUT2D eigenvalue weighted by molar-refractivity contribution is -0.118. The molecule has 0 spiro atoms. The first kappa shape index (κ1) is 19.1. The topological polar surface area (TPSA) is 83.8 Å². The molecule has 31 heavy (non-hydrogen) atoms. The number of rotatable bonds is 4. The lowest BCUT2D eigenvalue weighted by atomic mass is 10.1. The van der Waals surface area contributed by atoms with Crippen LogP contribution >= 0.6 is 11.3 Å². The van der Waals surface area contributed by atoms with Gasteiger partial charge >= 0.3 is 0 Å². The van der Waals surface area contributed by atoms with Crippen molar-refractivity contribution in [1.82, 2.24) is 9.66 Å². The Balaban J connectivity index is 1.63. The summed E-state index contributed by atoms with van der Waals surface area (Å²) in [6, 6.07) is 17.6. The van der Waals surface area contributed by atoms with Gasteiger partial charge in [0.15, 0.2) is 6.61 Å². The first-order valence-corrected chi connectivity index (χ1v) is 10.6. The van der Waals surface area contributed by atoms with Crippen LogP contribution < -0.4 is 14.9 Å². The number of amides is 1. The van der Waals surface area contributed by atoms with Crippen LogP contribution in [-0.4, -0.2) is 28.4 Å². The van der Waals surface area contributed by atoms with Gasteiger partial charge in [-0.15, -0.1) is 11.3 Å². The van der Waals surface area contributed by atoms with E-state index in [1.807, 2.05) is 73.1 Å². The molecule has 1 aliphatic rings. The van der Waals surface area contributed by atoms with Gasteiger partial charge in [-0.3, -0.25) is 4.79 Å². The van der Waals surface area contributed by atoms with Crippen molar-refractivity contribution in [2.24, 2.45) is 10.1 Å². The molecule has 0 bridgehead atoms. The lowest BCUT2D eigenvalue weighted by Gasteiger charge is -2.18. The molecule has 5 rings (SSSR count). The Bertz CT molecular complexity index is 1350. The highest BCUT2D eigenvalue weighted by molar-refractivity contribution is 7.07. The summed E-state index contributed by atoms with van der Waals surface area (Å²) in [6.07, 6.45) is 3.61. The Labute approximate surface area is 182 Å². The summed E-state index contributed by atoms with van der Waals surface area (Å²) in [5.41, 5.74) is 5.31. The van der Waals surface area contributed by atoms with Crippen LogP contribution in [-0.2, 0) is 4.79 Å². The van der Waals surface area contributed by atoms with Crippen molar-refractivity contribution in [3.63, 3.8) is 0 Å². The number of anilines is 1. The second-order valence-corrected chi connectivity index (χ2v) is 7.92. The second kappa shape index (κ2) is 8.08. The van der Waals surface area contributed by atoms with Crippen LogP contribution in [0.3, 0.4) is 0 Å². The quantitative estimate of drug-likeness (QED) is 0.474. The number of carbonyl (C=O) groups is 1. The van der Waals surface area contributed by atoms with Crippen LogP contribution in [0.15, 0.2) is 76.3 Å². The zero-order valence-electron chi connectivity index (χ0n) is 16.7. The summed E-state index contributed by atoms with van der Waals surface area (Å²) in [4.78, 5) is 20.4. The minimum atomic E-state index is -0.164. The van der Waals surface area contributed by atoms with Crippen molar-refractivity contribution in [2.45, 2.75) is 6.92 Å². The predicted molar refractivity (Wildman–Crippen MR) is 122 cm³/mol. The molecule has 0 saturated carbocycles. The van der Waals surface area contributed by atoms with Crippen LogP contribution in [0.2, 0.25) is 0 Å². The van der Waals surface area contributed by atoms with E-state index < -0.39 is 0 Å². The van der Waals surface area contributed by atoms with E-state index >= 15 is 0 Å². The molecule has 0 unspecified atom stereocenters. The fourth-order valence-electron chi connectivity index (χ4n) is 3.28. The Morgan fingerprint density at radius 3 is 2.94 bits per heavy atom.